The number of hydrogen-bond acceptors (Lipinski definition) is 2. The number of fused-ring (bicyclic) bond motifs is 1. The summed E-state index contributed by atoms with van der Waals surface area (Å²) >= 11 is 0. The molecular formula is C19H25NO2. The summed E-state index contributed by atoms with van der Waals surface area (Å²) in [7, 11) is 0. The van der Waals surface area contributed by atoms with Crippen LogP contribution in [0.2, 0.25) is 0 Å². The SMILES string of the molecule is O=C(C1CCOCC1)N(C1CC1)C1CCCc2ccccc21. The lowest BCUT2D eigenvalue weighted by Gasteiger charge is -2.39. The van der Waals surface area contributed by atoms with Crippen molar-refractivity contribution in [2.75, 3.05) is 13.2 Å². The third-order valence-corrected chi connectivity index (χ3v) is 5.44. The molecule has 3 aliphatic rings. The van der Waals surface area contributed by atoms with Crippen LogP contribution in [0, 0.1) is 5.92 Å². The fraction of sp³-hybridized carbons (Fsp3) is 0.632. The summed E-state index contributed by atoms with van der Waals surface area (Å²) < 4.78 is 5.44. The highest BCUT2D eigenvalue weighted by Gasteiger charge is 2.41. The van der Waals surface area contributed by atoms with E-state index in [1.807, 2.05) is 0 Å². The largest absolute Gasteiger partial charge is 0.381 e. The molecule has 22 heavy (non-hydrogen) atoms. The van der Waals surface area contributed by atoms with Crippen LogP contribution in [0.15, 0.2) is 24.3 Å². The molecule has 3 nitrogen and oxygen atoms in total. The number of rotatable bonds is 3. The molecule has 118 valence electrons. The second kappa shape index (κ2) is 6.04. The average Bonchev–Trinajstić information content (AvgIpc) is 3.41. The van der Waals surface area contributed by atoms with Crippen LogP contribution >= 0.6 is 0 Å². The number of ether oxygens (including phenoxy) is 1. The molecule has 0 aromatic heterocycles. The number of carbonyl (C=O) groups is 1. The molecule has 0 bridgehead atoms. The summed E-state index contributed by atoms with van der Waals surface area (Å²) in [5.74, 6) is 0.580. The van der Waals surface area contributed by atoms with Gasteiger partial charge in [0, 0.05) is 25.2 Å². The van der Waals surface area contributed by atoms with Crippen molar-refractivity contribution in [1.29, 1.82) is 0 Å². The van der Waals surface area contributed by atoms with Crippen molar-refractivity contribution in [2.45, 2.75) is 57.0 Å². The van der Waals surface area contributed by atoms with Gasteiger partial charge in [-0.25, -0.2) is 0 Å². The number of benzene rings is 1. The van der Waals surface area contributed by atoms with Crippen molar-refractivity contribution < 1.29 is 9.53 Å². The molecule has 1 saturated heterocycles. The third kappa shape index (κ3) is 2.67. The molecule has 1 aromatic carbocycles. The summed E-state index contributed by atoms with van der Waals surface area (Å²) in [6.07, 6.45) is 7.67. The molecule has 3 heteroatoms. The molecular weight excluding hydrogens is 274 g/mol. The Kier molecular flexibility index (Phi) is 3.91. The Morgan fingerprint density at radius 1 is 1.05 bits per heavy atom. The monoisotopic (exact) mass is 299 g/mol. The third-order valence-electron chi connectivity index (χ3n) is 5.44. The Hall–Kier alpha value is -1.35. The zero-order valence-electron chi connectivity index (χ0n) is 13.2. The van der Waals surface area contributed by atoms with Crippen molar-refractivity contribution in [3.63, 3.8) is 0 Å². The highest BCUT2D eigenvalue weighted by molar-refractivity contribution is 5.80. The van der Waals surface area contributed by atoms with Crippen molar-refractivity contribution >= 4 is 5.91 Å². The maximum absolute atomic E-state index is 13.2. The van der Waals surface area contributed by atoms with Crippen LogP contribution in [0.5, 0.6) is 0 Å². The van der Waals surface area contributed by atoms with Crippen LogP contribution in [-0.2, 0) is 16.0 Å². The van der Waals surface area contributed by atoms with Crippen LogP contribution in [0.25, 0.3) is 0 Å². The Labute approximate surface area is 132 Å². The minimum Gasteiger partial charge on any atom is -0.381 e. The minimum absolute atomic E-state index is 0.184. The molecule has 1 saturated carbocycles. The highest BCUT2D eigenvalue weighted by atomic mass is 16.5. The molecule has 4 rings (SSSR count). The molecule has 2 aliphatic carbocycles. The van der Waals surface area contributed by atoms with E-state index in [2.05, 4.69) is 29.2 Å². The molecule has 2 fully saturated rings. The van der Waals surface area contributed by atoms with E-state index < -0.39 is 0 Å². The number of carbonyl (C=O) groups excluding carboxylic acids is 1. The molecule has 1 aromatic rings. The van der Waals surface area contributed by atoms with Crippen molar-refractivity contribution in [3.8, 4) is 0 Å². The highest BCUT2D eigenvalue weighted by Crippen LogP contribution is 2.42. The zero-order valence-corrected chi connectivity index (χ0v) is 13.2. The molecule has 0 radical (unpaired) electrons. The van der Waals surface area contributed by atoms with Gasteiger partial charge in [0.05, 0.1) is 6.04 Å². The predicted molar refractivity (Wildman–Crippen MR) is 85.5 cm³/mol. The number of hydrogen-bond donors (Lipinski definition) is 0. The number of amides is 1. The van der Waals surface area contributed by atoms with Crippen molar-refractivity contribution in [3.05, 3.63) is 35.4 Å². The van der Waals surface area contributed by atoms with Crippen LogP contribution in [0.3, 0.4) is 0 Å². The van der Waals surface area contributed by atoms with E-state index in [1.54, 1.807) is 0 Å². The lowest BCUT2D eigenvalue weighted by atomic mass is 9.85. The lowest BCUT2D eigenvalue weighted by Crippen LogP contribution is -2.43. The van der Waals surface area contributed by atoms with Crippen LogP contribution < -0.4 is 0 Å². The second-order valence-corrected chi connectivity index (χ2v) is 6.97. The molecule has 1 atom stereocenters. The summed E-state index contributed by atoms with van der Waals surface area (Å²) in [5.41, 5.74) is 2.85. The van der Waals surface area contributed by atoms with E-state index in [0.29, 0.717) is 18.0 Å². The van der Waals surface area contributed by atoms with Gasteiger partial charge < -0.3 is 9.64 Å². The van der Waals surface area contributed by atoms with Gasteiger partial charge >= 0.3 is 0 Å². The fourth-order valence-corrected chi connectivity index (χ4v) is 4.11. The lowest BCUT2D eigenvalue weighted by molar-refractivity contribution is -0.142. The Bertz CT molecular complexity index is 546. The standard InChI is InChI=1S/C19H25NO2/c21-19(15-10-12-22-13-11-15)20(16-8-9-16)18-7-3-5-14-4-1-2-6-17(14)18/h1-2,4,6,15-16,18H,3,5,7-13H2. The Morgan fingerprint density at radius 2 is 1.82 bits per heavy atom. The van der Waals surface area contributed by atoms with Gasteiger partial charge in [0.15, 0.2) is 0 Å². The minimum atomic E-state index is 0.184. The van der Waals surface area contributed by atoms with Gasteiger partial charge in [0.25, 0.3) is 0 Å². The average molecular weight is 299 g/mol. The van der Waals surface area contributed by atoms with E-state index >= 15 is 0 Å². The fourth-order valence-electron chi connectivity index (χ4n) is 4.11. The first kappa shape index (κ1) is 14.3. The number of nitrogens with zero attached hydrogens (tertiary/aromatic N) is 1. The summed E-state index contributed by atoms with van der Waals surface area (Å²) in [4.78, 5) is 15.4. The predicted octanol–water partition coefficient (Wildman–Crippen LogP) is 3.48. The first-order valence-electron chi connectivity index (χ1n) is 8.82. The molecule has 1 aliphatic heterocycles. The van der Waals surface area contributed by atoms with Gasteiger partial charge in [-0.2, -0.15) is 0 Å². The van der Waals surface area contributed by atoms with Gasteiger partial charge in [-0.3, -0.25) is 4.79 Å². The Balaban J connectivity index is 1.61. The molecule has 1 heterocycles. The van der Waals surface area contributed by atoms with E-state index in [4.69, 9.17) is 4.74 Å². The van der Waals surface area contributed by atoms with Crippen molar-refractivity contribution in [2.24, 2.45) is 5.92 Å². The summed E-state index contributed by atoms with van der Waals surface area (Å²) in [6, 6.07) is 9.54. The van der Waals surface area contributed by atoms with Gasteiger partial charge in [0.2, 0.25) is 5.91 Å². The number of aryl methyl sites for hydroxylation is 1. The van der Waals surface area contributed by atoms with E-state index in [9.17, 15) is 4.79 Å². The van der Waals surface area contributed by atoms with E-state index in [-0.39, 0.29) is 5.92 Å². The maximum atomic E-state index is 13.2. The summed E-state index contributed by atoms with van der Waals surface area (Å²) in [5, 5.41) is 0. The Morgan fingerprint density at radius 3 is 2.59 bits per heavy atom. The maximum Gasteiger partial charge on any atom is 0.226 e. The molecule has 0 spiro atoms. The van der Waals surface area contributed by atoms with Crippen LogP contribution in [0.1, 0.15) is 55.7 Å². The second-order valence-electron chi connectivity index (χ2n) is 6.97. The zero-order chi connectivity index (χ0) is 14.9. The van der Waals surface area contributed by atoms with Crippen LogP contribution in [0.4, 0.5) is 0 Å². The molecule has 1 amide bonds. The van der Waals surface area contributed by atoms with E-state index in [0.717, 1.165) is 38.9 Å². The molecule has 1 unspecified atom stereocenters. The van der Waals surface area contributed by atoms with Crippen molar-refractivity contribution in [1.82, 2.24) is 4.90 Å². The quantitative estimate of drug-likeness (QED) is 0.855. The smallest absolute Gasteiger partial charge is 0.226 e. The van der Waals surface area contributed by atoms with Gasteiger partial charge in [-0.05, 0) is 56.1 Å². The first-order chi connectivity index (χ1) is 10.8. The van der Waals surface area contributed by atoms with E-state index in [1.165, 1.54) is 30.4 Å². The normalized spacial score (nSPS) is 25.5. The summed E-state index contributed by atoms with van der Waals surface area (Å²) in [6.45, 7) is 1.49. The van der Waals surface area contributed by atoms with Crippen LogP contribution in [-0.4, -0.2) is 30.1 Å². The first-order valence-corrected chi connectivity index (χ1v) is 8.82. The topological polar surface area (TPSA) is 29.5 Å². The van der Waals surface area contributed by atoms with Gasteiger partial charge in [-0.15, -0.1) is 0 Å². The van der Waals surface area contributed by atoms with Gasteiger partial charge in [-0.1, -0.05) is 24.3 Å². The molecule has 0 N–H and O–H groups in total. The van der Waals surface area contributed by atoms with Gasteiger partial charge in [0.1, 0.15) is 0 Å².